The lowest BCUT2D eigenvalue weighted by Gasteiger charge is -2.05. The summed E-state index contributed by atoms with van der Waals surface area (Å²) in [5, 5.41) is 5.95. The number of carbonyl (C=O) groups excluding carboxylic acids is 1. The SMILES string of the molecule is CCOc1ccc(-c2nc(CSCC(=O)Nc3ccc(C)cc3)cs2)cc1. The highest BCUT2D eigenvalue weighted by molar-refractivity contribution is 7.99. The zero-order chi connectivity index (χ0) is 19.1. The van der Waals surface area contributed by atoms with Gasteiger partial charge < -0.3 is 10.1 Å². The van der Waals surface area contributed by atoms with Gasteiger partial charge in [0.15, 0.2) is 0 Å². The van der Waals surface area contributed by atoms with Gasteiger partial charge in [-0.15, -0.1) is 23.1 Å². The van der Waals surface area contributed by atoms with Gasteiger partial charge in [-0.3, -0.25) is 4.79 Å². The lowest BCUT2D eigenvalue weighted by atomic mass is 10.2. The van der Waals surface area contributed by atoms with Crippen LogP contribution in [-0.4, -0.2) is 23.3 Å². The third-order valence-electron chi connectivity index (χ3n) is 3.78. The highest BCUT2D eigenvalue weighted by Crippen LogP contribution is 2.27. The number of ether oxygens (including phenoxy) is 1. The molecule has 3 aromatic rings. The smallest absolute Gasteiger partial charge is 0.234 e. The van der Waals surface area contributed by atoms with Crippen LogP contribution in [-0.2, 0) is 10.5 Å². The van der Waals surface area contributed by atoms with Gasteiger partial charge in [-0.1, -0.05) is 17.7 Å². The molecule has 3 rings (SSSR count). The number of anilines is 1. The number of aryl methyl sites for hydroxylation is 1. The Morgan fingerprint density at radius 2 is 1.89 bits per heavy atom. The number of hydrogen-bond acceptors (Lipinski definition) is 5. The van der Waals surface area contributed by atoms with Crippen LogP contribution in [0.5, 0.6) is 5.75 Å². The van der Waals surface area contributed by atoms with Crippen molar-refractivity contribution in [3.8, 4) is 16.3 Å². The summed E-state index contributed by atoms with van der Waals surface area (Å²) in [6.45, 7) is 4.66. The average Bonchev–Trinajstić information content (AvgIpc) is 3.13. The predicted molar refractivity (Wildman–Crippen MR) is 115 cm³/mol. The summed E-state index contributed by atoms with van der Waals surface area (Å²) in [7, 11) is 0. The van der Waals surface area contributed by atoms with Crippen molar-refractivity contribution >= 4 is 34.7 Å². The fraction of sp³-hybridized carbons (Fsp3) is 0.238. The van der Waals surface area contributed by atoms with Gasteiger partial charge in [-0.25, -0.2) is 4.98 Å². The molecular formula is C21H22N2O2S2. The van der Waals surface area contributed by atoms with Crippen molar-refractivity contribution < 1.29 is 9.53 Å². The fourth-order valence-corrected chi connectivity index (χ4v) is 4.10. The molecule has 0 atom stereocenters. The van der Waals surface area contributed by atoms with Gasteiger partial charge in [0.1, 0.15) is 10.8 Å². The largest absolute Gasteiger partial charge is 0.494 e. The standard InChI is InChI=1S/C21H22N2O2S2/c1-3-25-19-10-6-16(7-11-19)21-23-18(13-27-21)12-26-14-20(24)22-17-8-4-15(2)5-9-17/h4-11,13H,3,12,14H2,1-2H3,(H,22,24). The number of nitrogens with zero attached hydrogens (tertiary/aromatic N) is 1. The molecule has 0 unspecified atom stereocenters. The van der Waals surface area contributed by atoms with Crippen LogP contribution in [0.3, 0.4) is 0 Å². The number of benzene rings is 2. The van der Waals surface area contributed by atoms with Gasteiger partial charge in [0.25, 0.3) is 0 Å². The summed E-state index contributed by atoms with van der Waals surface area (Å²) in [5.41, 5.74) is 4.08. The average molecular weight is 399 g/mol. The van der Waals surface area contributed by atoms with Crippen LogP contribution < -0.4 is 10.1 Å². The highest BCUT2D eigenvalue weighted by atomic mass is 32.2. The van der Waals surface area contributed by atoms with Gasteiger partial charge in [-0.05, 0) is 50.2 Å². The Balaban J connectivity index is 1.47. The molecule has 6 heteroatoms. The van der Waals surface area contributed by atoms with E-state index in [9.17, 15) is 4.79 Å². The summed E-state index contributed by atoms with van der Waals surface area (Å²) < 4.78 is 5.47. The van der Waals surface area contributed by atoms with Crippen LogP contribution in [0.2, 0.25) is 0 Å². The molecule has 2 aromatic carbocycles. The van der Waals surface area contributed by atoms with Gasteiger partial charge in [-0.2, -0.15) is 0 Å². The number of rotatable bonds is 8. The van der Waals surface area contributed by atoms with Crippen molar-refractivity contribution in [2.45, 2.75) is 19.6 Å². The molecule has 1 heterocycles. The Bertz CT molecular complexity index is 874. The molecule has 0 aliphatic rings. The highest BCUT2D eigenvalue weighted by Gasteiger charge is 2.07. The predicted octanol–water partition coefficient (Wildman–Crippen LogP) is 5.39. The molecule has 0 aliphatic heterocycles. The second kappa shape index (κ2) is 9.58. The molecule has 1 N–H and O–H groups in total. The molecule has 4 nitrogen and oxygen atoms in total. The maximum absolute atomic E-state index is 12.0. The fourth-order valence-electron chi connectivity index (χ4n) is 2.45. The first-order valence-electron chi connectivity index (χ1n) is 8.76. The van der Waals surface area contributed by atoms with Gasteiger partial charge >= 0.3 is 0 Å². The molecule has 1 aromatic heterocycles. The summed E-state index contributed by atoms with van der Waals surface area (Å²) in [5.74, 6) is 2.00. The quantitative estimate of drug-likeness (QED) is 0.553. The maximum Gasteiger partial charge on any atom is 0.234 e. The van der Waals surface area contributed by atoms with E-state index < -0.39 is 0 Å². The van der Waals surface area contributed by atoms with E-state index in [0.717, 1.165) is 33.5 Å². The molecule has 140 valence electrons. The molecule has 0 spiro atoms. The van der Waals surface area contributed by atoms with Crippen molar-refractivity contribution in [1.82, 2.24) is 4.98 Å². The Kier molecular flexibility index (Phi) is 6.90. The maximum atomic E-state index is 12.0. The van der Waals surface area contributed by atoms with Gasteiger partial charge in [0, 0.05) is 22.4 Å². The third kappa shape index (κ3) is 5.84. The Morgan fingerprint density at radius 3 is 2.59 bits per heavy atom. The first-order valence-corrected chi connectivity index (χ1v) is 10.8. The van der Waals surface area contributed by atoms with Crippen LogP contribution in [0.25, 0.3) is 10.6 Å². The van der Waals surface area contributed by atoms with Crippen LogP contribution in [0.4, 0.5) is 5.69 Å². The molecule has 27 heavy (non-hydrogen) atoms. The minimum atomic E-state index is 0.00539. The molecule has 0 saturated heterocycles. The van der Waals surface area contributed by atoms with E-state index in [0.29, 0.717) is 12.4 Å². The Morgan fingerprint density at radius 1 is 1.15 bits per heavy atom. The van der Waals surface area contributed by atoms with Crippen LogP contribution in [0, 0.1) is 6.92 Å². The second-order valence-corrected chi connectivity index (χ2v) is 7.85. The number of thioether (sulfide) groups is 1. The molecule has 1 amide bonds. The molecule has 0 radical (unpaired) electrons. The van der Waals surface area contributed by atoms with Crippen LogP contribution in [0.1, 0.15) is 18.2 Å². The Hall–Kier alpha value is -2.31. The molecule has 0 fully saturated rings. The van der Waals surface area contributed by atoms with E-state index in [1.807, 2.05) is 62.4 Å². The van der Waals surface area contributed by atoms with Crippen molar-refractivity contribution in [2.75, 3.05) is 17.7 Å². The topological polar surface area (TPSA) is 51.2 Å². The third-order valence-corrected chi connectivity index (χ3v) is 5.69. The number of hydrogen-bond donors (Lipinski definition) is 1. The molecule has 0 saturated carbocycles. The van der Waals surface area contributed by atoms with Crippen LogP contribution >= 0.6 is 23.1 Å². The number of carbonyl (C=O) groups is 1. The van der Waals surface area contributed by atoms with E-state index in [-0.39, 0.29) is 5.91 Å². The monoisotopic (exact) mass is 398 g/mol. The lowest BCUT2D eigenvalue weighted by molar-refractivity contribution is -0.113. The summed E-state index contributed by atoms with van der Waals surface area (Å²) >= 11 is 3.19. The molecular weight excluding hydrogens is 376 g/mol. The van der Waals surface area contributed by atoms with E-state index >= 15 is 0 Å². The molecule has 0 bridgehead atoms. The van der Waals surface area contributed by atoms with Crippen molar-refractivity contribution in [3.05, 3.63) is 65.2 Å². The zero-order valence-corrected chi connectivity index (χ0v) is 17.0. The number of amides is 1. The first kappa shape index (κ1) is 19.5. The lowest BCUT2D eigenvalue weighted by Crippen LogP contribution is -2.14. The first-order chi connectivity index (χ1) is 13.1. The number of aromatic nitrogens is 1. The van der Waals surface area contributed by atoms with Gasteiger partial charge in [0.2, 0.25) is 5.91 Å². The van der Waals surface area contributed by atoms with E-state index in [1.165, 1.54) is 5.56 Å². The van der Waals surface area contributed by atoms with Gasteiger partial charge in [0.05, 0.1) is 18.1 Å². The normalized spacial score (nSPS) is 10.6. The van der Waals surface area contributed by atoms with Crippen molar-refractivity contribution in [2.24, 2.45) is 0 Å². The van der Waals surface area contributed by atoms with E-state index in [4.69, 9.17) is 4.74 Å². The summed E-state index contributed by atoms with van der Waals surface area (Å²) in [6.07, 6.45) is 0. The summed E-state index contributed by atoms with van der Waals surface area (Å²) in [4.78, 5) is 16.7. The summed E-state index contributed by atoms with van der Waals surface area (Å²) in [6, 6.07) is 15.8. The second-order valence-electron chi connectivity index (χ2n) is 6.01. The van der Waals surface area contributed by atoms with Crippen LogP contribution in [0.15, 0.2) is 53.9 Å². The number of thiazole rings is 1. The van der Waals surface area contributed by atoms with Crippen molar-refractivity contribution in [3.63, 3.8) is 0 Å². The number of nitrogens with one attached hydrogen (secondary N) is 1. The molecule has 0 aliphatic carbocycles. The Labute approximate surface area is 168 Å². The van der Waals surface area contributed by atoms with Crippen molar-refractivity contribution in [1.29, 1.82) is 0 Å². The zero-order valence-electron chi connectivity index (χ0n) is 15.4. The minimum Gasteiger partial charge on any atom is -0.494 e. The van der Waals surface area contributed by atoms with E-state index in [1.54, 1.807) is 23.1 Å². The minimum absolute atomic E-state index is 0.00539. The van der Waals surface area contributed by atoms with E-state index in [2.05, 4.69) is 15.7 Å².